The number of fused-ring (bicyclic) bond motifs is 2. The van der Waals surface area contributed by atoms with Crippen molar-refractivity contribution in [1.82, 2.24) is 9.66 Å². The number of aromatic nitrogens is 2. The van der Waals surface area contributed by atoms with Crippen molar-refractivity contribution in [3.8, 4) is 17.3 Å². The highest BCUT2D eigenvalue weighted by atomic mass is 35.5. The van der Waals surface area contributed by atoms with Crippen LogP contribution >= 0.6 is 11.6 Å². The third-order valence-corrected chi connectivity index (χ3v) is 6.42. The minimum Gasteiger partial charge on any atom is -0.489 e. The maximum absolute atomic E-state index is 13.5. The summed E-state index contributed by atoms with van der Waals surface area (Å²) in [7, 11) is 0. The van der Waals surface area contributed by atoms with Gasteiger partial charge < -0.3 is 9.15 Å². The molecule has 0 aliphatic carbocycles. The predicted molar refractivity (Wildman–Crippen MR) is 153 cm³/mol. The zero-order chi connectivity index (χ0) is 27.6. The Morgan fingerprint density at radius 2 is 1.82 bits per heavy atom. The quantitative estimate of drug-likeness (QED) is 0.122. The number of nitro groups is 1. The zero-order valence-corrected chi connectivity index (χ0v) is 21.5. The van der Waals surface area contributed by atoms with E-state index in [0.717, 1.165) is 10.9 Å². The fourth-order valence-corrected chi connectivity index (χ4v) is 4.38. The van der Waals surface area contributed by atoms with Crippen LogP contribution in [0.15, 0.2) is 111 Å². The number of hydrogen-bond acceptors (Lipinski definition) is 7. The average molecular weight is 551 g/mol. The minimum atomic E-state index is -0.445. The Balaban J connectivity index is 1.33. The van der Waals surface area contributed by atoms with Crippen LogP contribution in [0.2, 0.25) is 5.02 Å². The first kappa shape index (κ1) is 25.0. The molecule has 2 aromatic heterocycles. The van der Waals surface area contributed by atoms with Gasteiger partial charge in [0.2, 0.25) is 5.82 Å². The smallest absolute Gasteiger partial charge is 0.282 e. The molecule has 0 saturated heterocycles. The highest BCUT2D eigenvalue weighted by Gasteiger charge is 2.16. The number of non-ortho nitro benzene ring substituents is 1. The van der Waals surface area contributed by atoms with Crippen LogP contribution in [0.1, 0.15) is 11.1 Å². The van der Waals surface area contributed by atoms with Crippen molar-refractivity contribution in [2.75, 3.05) is 0 Å². The third kappa shape index (κ3) is 5.05. The van der Waals surface area contributed by atoms with E-state index in [1.807, 2.05) is 12.1 Å². The molecule has 0 aliphatic rings. The van der Waals surface area contributed by atoms with Gasteiger partial charge in [-0.2, -0.15) is 9.78 Å². The number of nitrogens with zero attached hydrogens (tertiary/aromatic N) is 4. The molecule has 10 heteroatoms. The topological polar surface area (TPSA) is 113 Å². The van der Waals surface area contributed by atoms with E-state index in [2.05, 4.69) is 10.1 Å². The molecule has 0 fully saturated rings. The van der Waals surface area contributed by atoms with E-state index >= 15 is 0 Å². The molecule has 40 heavy (non-hydrogen) atoms. The molecule has 0 spiro atoms. The maximum Gasteiger partial charge on any atom is 0.282 e. The van der Waals surface area contributed by atoms with Crippen LogP contribution in [0, 0.1) is 10.1 Å². The summed E-state index contributed by atoms with van der Waals surface area (Å²) >= 11 is 6.14. The molecule has 2 heterocycles. The van der Waals surface area contributed by atoms with Crippen LogP contribution in [0.25, 0.3) is 33.5 Å². The Kier molecular flexibility index (Phi) is 6.55. The summed E-state index contributed by atoms with van der Waals surface area (Å²) in [4.78, 5) is 28.6. The lowest BCUT2D eigenvalue weighted by molar-refractivity contribution is -0.384. The number of ether oxygens (including phenoxy) is 1. The summed E-state index contributed by atoms with van der Waals surface area (Å²) < 4.78 is 13.1. The average Bonchev–Trinajstić information content (AvgIpc) is 3.39. The highest BCUT2D eigenvalue weighted by Crippen LogP contribution is 2.29. The fraction of sp³-hybridized carbons (Fsp3) is 0.0333. The van der Waals surface area contributed by atoms with Crippen molar-refractivity contribution in [1.29, 1.82) is 0 Å². The van der Waals surface area contributed by atoms with Crippen LogP contribution in [-0.4, -0.2) is 20.8 Å². The molecule has 0 radical (unpaired) electrons. The molecule has 0 bridgehead atoms. The largest absolute Gasteiger partial charge is 0.489 e. The van der Waals surface area contributed by atoms with Gasteiger partial charge in [-0.05, 0) is 71.8 Å². The minimum absolute atomic E-state index is 0.0196. The Hall–Kier alpha value is -5.28. The molecule has 0 N–H and O–H groups in total. The van der Waals surface area contributed by atoms with E-state index in [1.54, 1.807) is 79.0 Å². The molecule has 9 nitrogen and oxygen atoms in total. The van der Waals surface area contributed by atoms with Crippen LogP contribution in [0.4, 0.5) is 5.69 Å². The summed E-state index contributed by atoms with van der Waals surface area (Å²) in [5.74, 6) is 1.19. The number of rotatable bonds is 7. The van der Waals surface area contributed by atoms with Gasteiger partial charge in [-0.15, -0.1) is 0 Å². The molecule has 4 aromatic carbocycles. The zero-order valence-electron chi connectivity index (χ0n) is 20.7. The second-order valence-corrected chi connectivity index (χ2v) is 9.33. The predicted octanol–water partition coefficient (Wildman–Crippen LogP) is 6.83. The van der Waals surface area contributed by atoms with Crippen molar-refractivity contribution in [3.05, 3.63) is 134 Å². The van der Waals surface area contributed by atoms with Crippen LogP contribution in [0.5, 0.6) is 5.75 Å². The number of furan rings is 1. The van der Waals surface area contributed by atoms with E-state index in [-0.39, 0.29) is 23.7 Å². The van der Waals surface area contributed by atoms with Crippen molar-refractivity contribution >= 4 is 45.4 Å². The summed E-state index contributed by atoms with van der Waals surface area (Å²) in [5.41, 5.74) is 2.27. The van der Waals surface area contributed by atoms with Gasteiger partial charge in [-0.1, -0.05) is 35.9 Å². The Bertz CT molecular complexity index is 1980. The summed E-state index contributed by atoms with van der Waals surface area (Å²) in [6.45, 7) is 0.229. The molecular formula is C30H19ClN4O5. The molecule has 0 amide bonds. The van der Waals surface area contributed by atoms with Crippen molar-refractivity contribution in [3.63, 3.8) is 0 Å². The van der Waals surface area contributed by atoms with Gasteiger partial charge in [0.1, 0.15) is 17.9 Å². The summed E-state index contributed by atoms with van der Waals surface area (Å²) in [6, 6.07) is 27.4. The van der Waals surface area contributed by atoms with Gasteiger partial charge in [0, 0.05) is 22.5 Å². The lowest BCUT2D eigenvalue weighted by Crippen LogP contribution is -2.20. The third-order valence-electron chi connectivity index (χ3n) is 6.19. The number of hydrogen-bond donors (Lipinski definition) is 0. The molecule has 6 aromatic rings. The summed E-state index contributed by atoms with van der Waals surface area (Å²) in [5, 5.41) is 17.1. The number of benzene rings is 4. The first-order chi connectivity index (χ1) is 19.4. The maximum atomic E-state index is 13.5. The summed E-state index contributed by atoms with van der Waals surface area (Å²) in [6.07, 6.45) is 1.54. The lowest BCUT2D eigenvalue weighted by atomic mass is 10.2. The lowest BCUT2D eigenvalue weighted by Gasteiger charge is -2.08. The Morgan fingerprint density at radius 1 is 1.00 bits per heavy atom. The normalized spacial score (nSPS) is 11.4. The van der Waals surface area contributed by atoms with Gasteiger partial charge in [0.05, 0.1) is 22.0 Å². The second-order valence-electron chi connectivity index (χ2n) is 8.89. The van der Waals surface area contributed by atoms with Crippen molar-refractivity contribution < 1.29 is 14.1 Å². The van der Waals surface area contributed by atoms with Gasteiger partial charge >= 0.3 is 0 Å². The monoisotopic (exact) mass is 550 g/mol. The van der Waals surface area contributed by atoms with Crippen LogP contribution < -0.4 is 10.3 Å². The Morgan fingerprint density at radius 3 is 2.65 bits per heavy atom. The first-order valence-electron chi connectivity index (χ1n) is 12.2. The van der Waals surface area contributed by atoms with E-state index < -0.39 is 4.92 Å². The second kappa shape index (κ2) is 10.5. The molecule has 196 valence electrons. The molecule has 0 unspecified atom stereocenters. The number of nitro benzene ring substituents is 1. The number of halogens is 1. The van der Waals surface area contributed by atoms with Gasteiger partial charge in [0.25, 0.3) is 11.2 Å². The van der Waals surface area contributed by atoms with E-state index in [0.29, 0.717) is 38.6 Å². The number of para-hydroxylation sites is 1. The van der Waals surface area contributed by atoms with E-state index in [1.165, 1.54) is 16.8 Å². The molecule has 0 atom stereocenters. The highest BCUT2D eigenvalue weighted by molar-refractivity contribution is 6.31. The van der Waals surface area contributed by atoms with Crippen LogP contribution in [0.3, 0.4) is 0 Å². The van der Waals surface area contributed by atoms with Crippen LogP contribution in [-0.2, 0) is 6.61 Å². The van der Waals surface area contributed by atoms with Crippen molar-refractivity contribution in [2.45, 2.75) is 6.61 Å². The van der Waals surface area contributed by atoms with Crippen molar-refractivity contribution in [2.24, 2.45) is 5.10 Å². The van der Waals surface area contributed by atoms with Gasteiger partial charge in [-0.25, -0.2) is 4.98 Å². The molecular weight excluding hydrogens is 532 g/mol. The van der Waals surface area contributed by atoms with Gasteiger partial charge in [-0.3, -0.25) is 14.9 Å². The molecule has 0 aliphatic heterocycles. The Labute approximate surface area is 231 Å². The van der Waals surface area contributed by atoms with E-state index in [4.69, 9.17) is 20.8 Å². The standard InChI is InChI=1S/C30H19ClN4O5/c31-22-10-13-27-21(15-22)16-28(40-27)29-33-26-7-2-1-6-25(26)30(36)34(29)32-17-20-4-3-5-24(14-20)39-18-19-8-11-23(12-9-19)35(37)38/h1-17H,18H2. The molecule has 6 rings (SSSR count). The van der Waals surface area contributed by atoms with Gasteiger partial charge in [0.15, 0.2) is 5.76 Å². The first-order valence-corrected chi connectivity index (χ1v) is 12.5. The van der Waals surface area contributed by atoms with E-state index in [9.17, 15) is 14.9 Å². The SMILES string of the molecule is O=c1c2ccccc2nc(-c2cc3cc(Cl)ccc3o2)n1N=Cc1cccc(OCc2ccc([N+](=O)[O-])cc2)c1. The fourth-order valence-electron chi connectivity index (χ4n) is 4.20. The molecule has 0 saturated carbocycles.